The predicted octanol–water partition coefficient (Wildman–Crippen LogP) is 1.73. The lowest BCUT2D eigenvalue weighted by Crippen LogP contribution is -2.49. The Labute approximate surface area is 145 Å². The lowest BCUT2D eigenvalue weighted by atomic mass is 10.0. The second-order valence-electron chi connectivity index (χ2n) is 6.71. The molecule has 0 bridgehead atoms. The van der Waals surface area contributed by atoms with E-state index in [1.807, 2.05) is 13.8 Å². The van der Waals surface area contributed by atoms with E-state index in [9.17, 15) is 4.79 Å². The first-order valence-electron chi connectivity index (χ1n) is 8.92. The average molecular weight is 333 g/mol. The average Bonchev–Trinajstić information content (AvgIpc) is 2.59. The molecule has 2 N–H and O–H groups in total. The molecule has 0 aliphatic carbocycles. The van der Waals surface area contributed by atoms with Gasteiger partial charge in [0.05, 0.1) is 24.8 Å². The van der Waals surface area contributed by atoms with Crippen LogP contribution in [0.15, 0.2) is 24.3 Å². The van der Waals surface area contributed by atoms with E-state index in [1.165, 1.54) is 5.56 Å². The van der Waals surface area contributed by atoms with Gasteiger partial charge < -0.3 is 20.3 Å². The van der Waals surface area contributed by atoms with Gasteiger partial charge in [0.25, 0.3) is 0 Å². The highest BCUT2D eigenvalue weighted by Crippen LogP contribution is 2.14. The fourth-order valence-electron chi connectivity index (χ4n) is 2.85. The number of nitrogens with one attached hydrogen (secondary N) is 2. The number of morpholine rings is 1. The molecule has 134 valence electrons. The summed E-state index contributed by atoms with van der Waals surface area (Å²) in [7, 11) is 2.09. The molecule has 1 fully saturated rings. The van der Waals surface area contributed by atoms with Crippen molar-refractivity contribution in [1.82, 2.24) is 15.5 Å². The Balaban J connectivity index is 1.77. The number of aryl methyl sites for hydroxylation is 1. The van der Waals surface area contributed by atoms with Crippen molar-refractivity contribution in [2.24, 2.45) is 0 Å². The van der Waals surface area contributed by atoms with Crippen molar-refractivity contribution in [2.75, 3.05) is 33.3 Å². The van der Waals surface area contributed by atoms with Gasteiger partial charge in [-0.05, 0) is 38.4 Å². The molecule has 5 heteroatoms. The van der Waals surface area contributed by atoms with Crippen LogP contribution in [0.25, 0.3) is 0 Å². The van der Waals surface area contributed by atoms with Crippen molar-refractivity contribution < 1.29 is 9.53 Å². The molecule has 0 unspecified atom stereocenters. The van der Waals surface area contributed by atoms with Crippen LogP contribution in [0.2, 0.25) is 0 Å². The summed E-state index contributed by atoms with van der Waals surface area (Å²) in [5.74, 6) is 0.0197. The summed E-state index contributed by atoms with van der Waals surface area (Å²) in [6.07, 6.45) is 1.18. The molecule has 24 heavy (non-hydrogen) atoms. The lowest BCUT2D eigenvalue weighted by molar-refractivity contribution is -0.123. The Morgan fingerprint density at radius 2 is 2.04 bits per heavy atom. The van der Waals surface area contributed by atoms with Gasteiger partial charge >= 0.3 is 0 Å². The molecule has 0 radical (unpaired) electrons. The number of rotatable bonds is 7. The third-order valence-corrected chi connectivity index (χ3v) is 4.63. The first-order valence-corrected chi connectivity index (χ1v) is 8.92. The molecule has 1 heterocycles. The van der Waals surface area contributed by atoms with Crippen LogP contribution in [0.4, 0.5) is 0 Å². The number of amides is 1. The van der Waals surface area contributed by atoms with E-state index in [-0.39, 0.29) is 24.1 Å². The standard InChI is InChI=1S/C19H31N3O2/c1-5-16-6-8-17(9-7-16)14(2)21-19(23)15(3)20-12-18-13-22(4)10-11-24-18/h6-9,14-15,18,20H,5,10-13H2,1-4H3,(H,21,23)/t14-,15-,18+/m0/s1. The Hall–Kier alpha value is -1.43. The van der Waals surface area contributed by atoms with E-state index in [2.05, 4.69) is 53.8 Å². The summed E-state index contributed by atoms with van der Waals surface area (Å²) in [5, 5.41) is 6.36. The summed E-state index contributed by atoms with van der Waals surface area (Å²) in [6, 6.07) is 8.19. The van der Waals surface area contributed by atoms with Crippen LogP contribution in [-0.2, 0) is 16.0 Å². The number of nitrogens with zero attached hydrogens (tertiary/aromatic N) is 1. The topological polar surface area (TPSA) is 53.6 Å². The summed E-state index contributed by atoms with van der Waals surface area (Å²) in [5.41, 5.74) is 2.44. The van der Waals surface area contributed by atoms with E-state index >= 15 is 0 Å². The van der Waals surface area contributed by atoms with Gasteiger partial charge in [-0.15, -0.1) is 0 Å². The van der Waals surface area contributed by atoms with Crippen LogP contribution in [0.1, 0.15) is 37.9 Å². The molecule has 0 aromatic heterocycles. The molecule has 0 spiro atoms. The van der Waals surface area contributed by atoms with Gasteiger partial charge in [-0.3, -0.25) is 4.79 Å². The fourth-order valence-corrected chi connectivity index (χ4v) is 2.85. The van der Waals surface area contributed by atoms with E-state index < -0.39 is 0 Å². The van der Waals surface area contributed by atoms with Gasteiger partial charge in [0.1, 0.15) is 0 Å². The first kappa shape index (κ1) is 18.9. The smallest absolute Gasteiger partial charge is 0.237 e. The highest BCUT2D eigenvalue weighted by Gasteiger charge is 2.21. The van der Waals surface area contributed by atoms with E-state index in [0.29, 0.717) is 6.54 Å². The summed E-state index contributed by atoms with van der Waals surface area (Å²) in [4.78, 5) is 14.6. The zero-order chi connectivity index (χ0) is 17.5. The van der Waals surface area contributed by atoms with Gasteiger partial charge in [-0.25, -0.2) is 0 Å². The molecule has 1 amide bonds. The Morgan fingerprint density at radius 1 is 1.33 bits per heavy atom. The summed E-state index contributed by atoms with van der Waals surface area (Å²) in [6.45, 7) is 9.38. The second kappa shape index (κ2) is 9.16. The number of hydrogen-bond acceptors (Lipinski definition) is 4. The van der Waals surface area contributed by atoms with Crippen molar-refractivity contribution in [3.8, 4) is 0 Å². The lowest BCUT2D eigenvalue weighted by Gasteiger charge is -2.31. The quantitative estimate of drug-likeness (QED) is 0.798. The van der Waals surface area contributed by atoms with Gasteiger partial charge in [-0.2, -0.15) is 0 Å². The van der Waals surface area contributed by atoms with Gasteiger partial charge in [0, 0.05) is 19.6 Å². The second-order valence-corrected chi connectivity index (χ2v) is 6.71. The van der Waals surface area contributed by atoms with Crippen molar-refractivity contribution in [3.05, 3.63) is 35.4 Å². The minimum Gasteiger partial charge on any atom is -0.374 e. The zero-order valence-electron chi connectivity index (χ0n) is 15.3. The summed E-state index contributed by atoms with van der Waals surface area (Å²) < 4.78 is 5.71. The van der Waals surface area contributed by atoms with Crippen molar-refractivity contribution in [1.29, 1.82) is 0 Å². The van der Waals surface area contributed by atoms with Crippen molar-refractivity contribution >= 4 is 5.91 Å². The third-order valence-electron chi connectivity index (χ3n) is 4.63. The Bertz CT molecular complexity index is 518. The van der Waals surface area contributed by atoms with Gasteiger partial charge in [0.15, 0.2) is 0 Å². The third kappa shape index (κ3) is 5.58. The molecule has 3 atom stereocenters. The van der Waals surface area contributed by atoms with Crippen LogP contribution >= 0.6 is 0 Å². The number of hydrogen-bond donors (Lipinski definition) is 2. The van der Waals surface area contributed by atoms with Crippen LogP contribution < -0.4 is 10.6 Å². The predicted molar refractivity (Wildman–Crippen MR) is 97.1 cm³/mol. The highest BCUT2D eigenvalue weighted by atomic mass is 16.5. The van der Waals surface area contributed by atoms with Gasteiger partial charge in [0.2, 0.25) is 5.91 Å². The molecule has 1 aliphatic rings. The minimum absolute atomic E-state index is 0.00437. The van der Waals surface area contributed by atoms with Crippen molar-refractivity contribution in [2.45, 2.75) is 45.4 Å². The van der Waals surface area contributed by atoms with Crippen molar-refractivity contribution in [3.63, 3.8) is 0 Å². The monoisotopic (exact) mass is 333 g/mol. The van der Waals surface area contributed by atoms with E-state index in [1.54, 1.807) is 0 Å². The summed E-state index contributed by atoms with van der Waals surface area (Å²) >= 11 is 0. The maximum absolute atomic E-state index is 12.4. The molecule has 1 aliphatic heterocycles. The van der Waals surface area contributed by atoms with Gasteiger partial charge in [-0.1, -0.05) is 31.2 Å². The molecule has 1 aromatic rings. The Kier molecular flexibility index (Phi) is 7.21. The molecule has 0 saturated carbocycles. The molecular weight excluding hydrogens is 302 g/mol. The van der Waals surface area contributed by atoms with E-state index in [0.717, 1.165) is 31.7 Å². The number of carbonyl (C=O) groups is 1. The fraction of sp³-hybridized carbons (Fsp3) is 0.632. The van der Waals surface area contributed by atoms with Crippen LogP contribution in [0.3, 0.4) is 0 Å². The number of benzene rings is 1. The molecular formula is C19H31N3O2. The molecule has 2 rings (SSSR count). The SMILES string of the molecule is CCc1ccc([C@H](C)NC(=O)[C@H](C)NC[C@@H]2CN(C)CCO2)cc1. The number of ether oxygens (including phenoxy) is 1. The number of carbonyl (C=O) groups excluding carboxylic acids is 1. The highest BCUT2D eigenvalue weighted by molar-refractivity contribution is 5.81. The first-order chi connectivity index (χ1) is 11.5. The maximum atomic E-state index is 12.4. The number of likely N-dealkylation sites (N-methyl/N-ethyl adjacent to an activating group) is 1. The van der Waals surface area contributed by atoms with Crippen LogP contribution in [0.5, 0.6) is 0 Å². The normalized spacial score (nSPS) is 21.2. The largest absolute Gasteiger partial charge is 0.374 e. The zero-order valence-corrected chi connectivity index (χ0v) is 15.3. The van der Waals surface area contributed by atoms with E-state index in [4.69, 9.17) is 4.74 Å². The maximum Gasteiger partial charge on any atom is 0.237 e. The Morgan fingerprint density at radius 3 is 2.67 bits per heavy atom. The van der Waals surface area contributed by atoms with Crippen LogP contribution in [-0.4, -0.2) is 56.2 Å². The van der Waals surface area contributed by atoms with Crippen LogP contribution in [0, 0.1) is 0 Å². The molecule has 1 saturated heterocycles. The molecule has 1 aromatic carbocycles. The molecule has 5 nitrogen and oxygen atoms in total. The minimum atomic E-state index is -0.238.